The van der Waals surface area contributed by atoms with Crippen LogP contribution in [0, 0.1) is 11.8 Å². The van der Waals surface area contributed by atoms with Crippen LogP contribution in [0.3, 0.4) is 0 Å². The summed E-state index contributed by atoms with van der Waals surface area (Å²) >= 11 is 1.87. The lowest BCUT2D eigenvalue weighted by atomic mass is 10.2. The Morgan fingerprint density at radius 2 is 1.68 bits per heavy atom. The minimum atomic E-state index is 0.671. The van der Waals surface area contributed by atoms with Crippen LogP contribution in [0.25, 0.3) is 0 Å². The number of nitrogens with two attached hydrogens (primary N) is 1. The zero-order valence-electron chi connectivity index (χ0n) is 11.5. The highest BCUT2D eigenvalue weighted by Gasteiger charge is 2.33. The summed E-state index contributed by atoms with van der Waals surface area (Å²) < 4.78 is 0. The van der Waals surface area contributed by atoms with Gasteiger partial charge in [0.25, 0.3) is 0 Å². The molecule has 2 N–H and O–H groups in total. The minimum Gasteiger partial charge on any atom is -0.348 e. The van der Waals surface area contributed by atoms with E-state index in [0.29, 0.717) is 6.54 Å². The maximum Gasteiger partial charge on any atom is 0.185 e. The zero-order chi connectivity index (χ0) is 12.8. The van der Waals surface area contributed by atoms with Gasteiger partial charge in [0, 0.05) is 30.4 Å². The fourth-order valence-electron chi connectivity index (χ4n) is 2.76. The van der Waals surface area contributed by atoms with Gasteiger partial charge in [-0.15, -0.1) is 11.3 Å². The van der Waals surface area contributed by atoms with Crippen molar-refractivity contribution in [3.63, 3.8) is 0 Å². The van der Waals surface area contributed by atoms with Gasteiger partial charge in [-0.1, -0.05) is 0 Å². The molecule has 1 aromatic rings. The van der Waals surface area contributed by atoms with Gasteiger partial charge in [-0.25, -0.2) is 4.98 Å². The molecule has 3 nitrogen and oxygen atoms in total. The molecule has 0 radical (unpaired) electrons. The van der Waals surface area contributed by atoms with Crippen molar-refractivity contribution in [2.75, 3.05) is 18.0 Å². The summed E-state index contributed by atoms with van der Waals surface area (Å²) in [6.45, 7) is 3.14. The van der Waals surface area contributed by atoms with Crippen LogP contribution in [0.5, 0.6) is 0 Å². The smallest absolute Gasteiger partial charge is 0.185 e. The number of nitrogens with zero attached hydrogens (tertiary/aromatic N) is 2. The molecule has 3 aliphatic carbocycles. The lowest BCUT2D eigenvalue weighted by Gasteiger charge is -2.21. The Bertz CT molecular complexity index is 444. The molecule has 0 aromatic carbocycles. The van der Waals surface area contributed by atoms with E-state index in [0.717, 1.165) is 17.8 Å². The van der Waals surface area contributed by atoms with E-state index in [1.165, 1.54) is 67.3 Å². The molecule has 3 aliphatic rings. The molecule has 0 spiro atoms. The zero-order valence-corrected chi connectivity index (χ0v) is 12.3. The average Bonchev–Trinajstić information content (AvgIpc) is 3.23. The maximum absolute atomic E-state index is 5.91. The average molecular weight is 277 g/mol. The van der Waals surface area contributed by atoms with Crippen LogP contribution in [-0.2, 0) is 6.54 Å². The predicted molar refractivity (Wildman–Crippen MR) is 79.6 cm³/mol. The van der Waals surface area contributed by atoms with Gasteiger partial charge in [0.2, 0.25) is 0 Å². The van der Waals surface area contributed by atoms with Crippen molar-refractivity contribution < 1.29 is 0 Å². The third-order valence-corrected chi connectivity index (χ3v) is 5.64. The molecule has 104 valence electrons. The molecule has 0 aliphatic heterocycles. The van der Waals surface area contributed by atoms with Gasteiger partial charge < -0.3 is 10.6 Å². The second kappa shape index (κ2) is 4.74. The standard InChI is InChI=1S/C15H23N3S/c16-7-13-14(12-5-6-12)17-15(19-13)18(8-10-1-2-10)9-11-3-4-11/h10-12H,1-9,16H2. The predicted octanol–water partition coefficient (Wildman–Crippen LogP) is 3.11. The van der Waals surface area contributed by atoms with Gasteiger partial charge in [-0.3, -0.25) is 0 Å². The molecule has 4 rings (SSSR count). The first-order valence-corrected chi connectivity index (χ1v) is 8.59. The molecule has 0 atom stereocenters. The summed E-state index contributed by atoms with van der Waals surface area (Å²) in [7, 11) is 0. The van der Waals surface area contributed by atoms with Crippen molar-refractivity contribution in [2.45, 2.75) is 51.0 Å². The molecular weight excluding hydrogens is 254 g/mol. The lowest BCUT2D eigenvalue weighted by molar-refractivity contribution is 0.676. The van der Waals surface area contributed by atoms with Gasteiger partial charge in [-0.05, 0) is 50.4 Å². The third kappa shape index (κ3) is 2.79. The first kappa shape index (κ1) is 12.2. The maximum atomic E-state index is 5.91. The molecule has 0 unspecified atom stereocenters. The molecular formula is C15H23N3S. The second-order valence-electron chi connectivity index (χ2n) is 6.57. The molecule has 1 heterocycles. The molecule has 1 aromatic heterocycles. The highest BCUT2D eigenvalue weighted by molar-refractivity contribution is 7.15. The largest absolute Gasteiger partial charge is 0.348 e. The quantitative estimate of drug-likeness (QED) is 0.832. The number of aromatic nitrogens is 1. The summed E-state index contributed by atoms with van der Waals surface area (Å²) in [6, 6.07) is 0. The molecule has 3 fully saturated rings. The SMILES string of the molecule is NCc1sc(N(CC2CC2)CC2CC2)nc1C1CC1. The van der Waals surface area contributed by atoms with E-state index < -0.39 is 0 Å². The summed E-state index contributed by atoms with van der Waals surface area (Å²) in [4.78, 5) is 8.89. The van der Waals surface area contributed by atoms with Crippen molar-refractivity contribution in [3.05, 3.63) is 10.6 Å². The summed E-state index contributed by atoms with van der Waals surface area (Å²) in [5, 5.41) is 1.26. The summed E-state index contributed by atoms with van der Waals surface area (Å²) in [5.74, 6) is 2.61. The van der Waals surface area contributed by atoms with E-state index in [2.05, 4.69) is 4.90 Å². The summed E-state index contributed by atoms with van der Waals surface area (Å²) in [6.07, 6.45) is 8.33. The van der Waals surface area contributed by atoms with Crippen LogP contribution in [0.15, 0.2) is 0 Å². The third-order valence-electron chi connectivity index (χ3n) is 4.49. The van der Waals surface area contributed by atoms with E-state index in [1.54, 1.807) is 0 Å². The fraction of sp³-hybridized carbons (Fsp3) is 0.800. The Balaban J connectivity index is 1.55. The molecule has 0 bridgehead atoms. The van der Waals surface area contributed by atoms with Crippen molar-refractivity contribution in [3.8, 4) is 0 Å². The van der Waals surface area contributed by atoms with Gasteiger partial charge in [-0.2, -0.15) is 0 Å². The van der Waals surface area contributed by atoms with Crippen molar-refractivity contribution in [2.24, 2.45) is 17.6 Å². The van der Waals surface area contributed by atoms with Crippen LogP contribution in [0.1, 0.15) is 55.0 Å². The van der Waals surface area contributed by atoms with Crippen LogP contribution in [0.4, 0.5) is 5.13 Å². The number of anilines is 1. The van der Waals surface area contributed by atoms with E-state index in [4.69, 9.17) is 10.7 Å². The van der Waals surface area contributed by atoms with Gasteiger partial charge in [0.1, 0.15) is 0 Å². The Kier molecular flexibility index (Phi) is 3.03. The highest BCUT2D eigenvalue weighted by atomic mass is 32.1. The van der Waals surface area contributed by atoms with Crippen LogP contribution < -0.4 is 10.6 Å². The molecule has 0 amide bonds. The molecule has 4 heteroatoms. The van der Waals surface area contributed by atoms with E-state index >= 15 is 0 Å². The molecule has 0 saturated heterocycles. The van der Waals surface area contributed by atoms with Crippen molar-refractivity contribution in [1.29, 1.82) is 0 Å². The van der Waals surface area contributed by atoms with Crippen molar-refractivity contribution >= 4 is 16.5 Å². The number of thiazole rings is 1. The number of rotatable bonds is 7. The van der Waals surface area contributed by atoms with Gasteiger partial charge in [0.05, 0.1) is 5.69 Å². The second-order valence-corrected chi connectivity index (χ2v) is 7.64. The summed E-state index contributed by atoms with van der Waals surface area (Å²) in [5.41, 5.74) is 7.24. The highest BCUT2D eigenvalue weighted by Crippen LogP contribution is 2.45. The van der Waals surface area contributed by atoms with E-state index in [-0.39, 0.29) is 0 Å². The Morgan fingerprint density at radius 3 is 2.16 bits per heavy atom. The Labute approximate surface area is 119 Å². The number of hydrogen-bond acceptors (Lipinski definition) is 4. The van der Waals surface area contributed by atoms with Gasteiger partial charge in [0.15, 0.2) is 5.13 Å². The normalized spacial score (nSPS) is 22.8. The van der Waals surface area contributed by atoms with Crippen molar-refractivity contribution in [1.82, 2.24) is 4.98 Å². The Hall–Kier alpha value is -0.610. The van der Waals surface area contributed by atoms with Crippen LogP contribution in [0.2, 0.25) is 0 Å². The van der Waals surface area contributed by atoms with E-state index in [9.17, 15) is 0 Å². The number of hydrogen-bond donors (Lipinski definition) is 1. The van der Waals surface area contributed by atoms with Crippen LogP contribution >= 0.6 is 11.3 Å². The minimum absolute atomic E-state index is 0.671. The fourth-order valence-corrected chi connectivity index (χ4v) is 3.81. The first-order chi connectivity index (χ1) is 9.33. The lowest BCUT2D eigenvalue weighted by Crippen LogP contribution is -2.27. The topological polar surface area (TPSA) is 42.1 Å². The van der Waals surface area contributed by atoms with Crippen LogP contribution in [-0.4, -0.2) is 18.1 Å². The molecule has 3 saturated carbocycles. The first-order valence-electron chi connectivity index (χ1n) is 7.78. The van der Waals surface area contributed by atoms with E-state index in [1.807, 2.05) is 11.3 Å². The Morgan fingerprint density at radius 1 is 1.05 bits per heavy atom. The monoisotopic (exact) mass is 277 g/mol. The van der Waals surface area contributed by atoms with Gasteiger partial charge >= 0.3 is 0 Å². The molecule has 19 heavy (non-hydrogen) atoms.